The predicted molar refractivity (Wildman–Crippen MR) is 80.3 cm³/mol. The molecule has 1 atom stereocenters. The molecular formula is C14H20ClN3O2. The van der Waals surface area contributed by atoms with Crippen molar-refractivity contribution in [3.63, 3.8) is 0 Å². The topological polar surface area (TPSA) is 78.6 Å². The molecule has 5 nitrogen and oxygen atoms in total. The van der Waals surface area contributed by atoms with Crippen LogP contribution in [0.2, 0.25) is 5.02 Å². The number of carbonyl (C=O) groups is 1. The highest BCUT2D eigenvalue weighted by atomic mass is 35.5. The summed E-state index contributed by atoms with van der Waals surface area (Å²) in [5, 5.41) is 13.1. The molecule has 1 aromatic carbocycles. The molecule has 2 rings (SSSR count). The van der Waals surface area contributed by atoms with Crippen molar-refractivity contribution >= 4 is 23.2 Å². The molecule has 0 radical (unpaired) electrons. The van der Waals surface area contributed by atoms with Crippen molar-refractivity contribution in [1.29, 1.82) is 0 Å². The highest BCUT2D eigenvalue weighted by Gasteiger charge is 2.19. The van der Waals surface area contributed by atoms with Gasteiger partial charge in [-0.3, -0.25) is 4.79 Å². The Morgan fingerprint density at radius 3 is 2.90 bits per heavy atom. The average Bonchev–Trinajstić information content (AvgIpc) is 2.91. The molecule has 1 unspecified atom stereocenters. The summed E-state index contributed by atoms with van der Waals surface area (Å²) in [6.45, 7) is 2.39. The molecule has 4 N–H and O–H groups in total. The predicted octanol–water partition coefficient (Wildman–Crippen LogP) is 0.990. The van der Waals surface area contributed by atoms with E-state index in [4.69, 9.17) is 17.3 Å². The van der Waals surface area contributed by atoms with E-state index in [1.54, 1.807) is 18.2 Å². The third kappa shape index (κ3) is 3.62. The van der Waals surface area contributed by atoms with Gasteiger partial charge in [-0.25, -0.2) is 0 Å². The molecule has 6 heteroatoms. The number of nitrogens with two attached hydrogens (primary N) is 1. The van der Waals surface area contributed by atoms with Crippen molar-refractivity contribution in [2.24, 2.45) is 5.73 Å². The molecule has 1 saturated heterocycles. The summed E-state index contributed by atoms with van der Waals surface area (Å²) >= 11 is 6.24. The number of rotatable bonds is 6. The lowest BCUT2D eigenvalue weighted by molar-refractivity contribution is 0.100. The van der Waals surface area contributed by atoms with Crippen LogP contribution in [0.3, 0.4) is 0 Å². The molecule has 0 bridgehead atoms. The highest BCUT2D eigenvalue weighted by molar-refractivity contribution is 6.33. The fourth-order valence-electron chi connectivity index (χ4n) is 2.53. The number of carbonyl (C=O) groups excluding carboxylic acids is 1. The van der Waals surface area contributed by atoms with Crippen LogP contribution >= 0.6 is 11.6 Å². The van der Waals surface area contributed by atoms with Crippen LogP contribution in [-0.2, 0) is 0 Å². The zero-order chi connectivity index (χ0) is 14.5. The molecule has 1 aliphatic rings. The molecule has 110 valence electrons. The maximum Gasteiger partial charge on any atom is 0.248 e. The van der Waals surface area contributed by atoms with Gasteiger partial charge in [-0.2, -0.15) is 0 Å². The maximum absolute atomic E-state index is 11.1. The number of hydrogen-bond acceptors (Lipinski definition) is 4. The van der Waals surface area contributed by atoms with Gasteiger partial charge in [-0.1, -0.05) is 11.6 Å². The second kappa shape index (κ2) is 6.92. The Morgan fingerprint density at radius 2 is 2.35 bits per heavy atom. The van der Waals surface area contributed by atoms with E-state index in [1.807, 2.05) is 4.90 Å². The van der Waals surface area contributed by atoms with E-state index in [0.717, 1.165) is 25.2 Å². The number of benzene rings is 1. The van der Waals surface area contributed by atoms with Crippen molar-refractivity contribution in [2.75, 3.05) is 31.1 Å². The Kier molecular flexibility index (Phi) is 5.23. The van der Waals surface area contributed by atoms with E-state index in [0.29, 0.717) is 23.2 Å². The van der Waals surface area contributed by atoms with Crippen molar-refractivity contribution in [3.8, 4) is 0 Å². The second-order valence-corrected chi connectivity index (χ2v) is 5.40. The van der Waals surface area contributed by atoms with Crippen LogP contribution in [0.1, 0.15) is 23.2 Å². The Labute approximate surface area is 123 Å². The maximum atomic E-state index is 11.1. The fourth-order valence-corrected chi connectivity index (χ4v) is 2.83. The smallest absolute Gasteiger partial charge is 0.248 e. The molecule has 0 spiro atoms. The van der Waals surface area contributed by atoms with E-state index < -0.39 is 5.91 Å². The largest absolute Gasteiger partial charge is 0.395 e. The lowest BCUT2D eigenvalue weighted by Gasteiger charge is -2.28. The first-order chi connectivity index (χ1) is 9.61. The zero-order valence-corrected chi connectivity index (χ0v) is 12.1. The van der Waals surface area contributed by atoms with Crippen LogP contribution < -0.4 is 16.0 Å². The Hall–Kier alpha value is -1.30. The molecule has 1 heterocycles. The Morgan fingerprint density at radius 1 is 1.55 bits per heavy atom. The van der Waals surface area contributed by atoms with Crippen molar-refractivity contribution in [2.45, 2.75) is 18.9 Å². The highest BCUT2D eigenvalue weighted by Crippen LogP contribution is 2.27. The molecule has 0 aliphatic carbocycles. The molecule has 1 amide bonds. The van der Waals surface area contributed by atoms with Crippen molar-refractivity contribution in [3.05, 3.63) is 28.8 Å². The van der Waals surface area contributed by atoms with E-state index in [2.05, 4.69) is 5.32 Å². The summed E-state index contributed by atoms with van der Waals surface area (Å²) in [5.41, 5.74) is 6.45. The van der Waals surface area contributed by atoms with Gasteiger partial charge in [-0.05, 0) is 37.6 Å². The summed E-state index contributed by atoms with van der Waals surface area (Å²) in [7, 11) is 0. The van der Waals surface area contributed by atoms with Crippen LogP contribution in [0.4, 0.5) is 5.69 Å². The fraction of sp³-hybridized carbons (Fsp3) is 0.500. The van der Waals surface area contributed by atoms with E-state index in [1.165, 1.54) is 6.42 Å². The first kappa shape index (κ1) is 15.1. The number of aliphatic hydroxyl groups excluding tert-OH is 1. The van der Waals surface area contributed by atoms with E-state index in [9.17, 15) is 9.90 Å². The summed E-state index contributed by atoms with van der Waals surface area (Å²) < 4.78 is 0. The molecule has 1 fully saturated rings. The van der Waals surface area contributed by atoms with Crippen LogP contribution in [0.15, 0.2) is 18.2 Å². The van der Waals surface area contributed by atoms with Gasteiger partial charge in [0.25, 0.3) is 0 Å². The number of hydrogen-bond donors (Lipinski definition) is 3. The first-order valence-electron chi connectivity index (χ1n) is 6.80. The van der Waals surface area contributed by atoms with Gasteiger partial charge in [0.1, 0.15) is 0 Å². The standard InChI is InChI=1S/C14H20ClN3O2/c15-12-8-10(14(16)20)3-4-13(12)18(6-7-19)9-11-2-1-5-17-11/h3-4,8,11,17,19H,1-2,5-7,9H2,(H2,16,20). The first-order valence-corrected chi connectivity index (χ1v) is 7.18. The number of amides is 1. The molecule has 1 aliphatic heterocycles. The Balaban J connectivity index is 2.17. The van der Waals surface area contributed by atoms with E-state index in [-0.39, 0.29) is 6.61 Å². The van der Waals surface area contributed by atoms with Gasteiger partial charge in [0.05, 0.1) is 17.3 Å². The van der Waals surface area contributed by atoms with Crippen LogP contribution in [0, 0.1) is 0 Å². The minimum atomic E-state index is -0.496. The number of anilines is 1. The lowest BCUT2D eigenvalue weighted by atomic mass is 10.1. The van der Waals surface area contributed by atoms with Gasteiger partial charge in [-0.15, -0.1) is 0 Å². The average molecular weight is 298 g/mol. The number of halogens is 1. The van der Waals surface area contributed by atoms with E-state index >= 15 is 0 Å². The number of primary amides is 1. The second-order valence-electron chi connectivity index (χ2n) is 4.99. The number of aliphatic hydroxyl groups is 1. The quantitative estimate of drug-likeness (QED) is 0.732. The van der Waals surface area contributed by atoms with Crippen molar-refractivity contribution < 1.29 is 9.90 Å². The minimum absolute atomic E-state index is 0.0562. The molecule has 20 heavy (non-hydrogen) atoms. The summed E-state index contributed by atoms with van der Waals surface area (Å²) in [5.74, 6) is -0.496. The minimum Gasteiger partial charge on any atom is -0.395 e. The van der Waals surface area contributed by atoms with Crippen LogP contribution in [0.5, 0.6) is 0 Å². The summed E-state index contributed by atoms with van der Waals surface area (Å²) in [6.07, 6.45) is 2.30. The van der Waals surface area contributed by atoms with Gasteiger partial charge in [0, 0.05) is 24.7 Å². The SMILES string of the molecule is NC(=O)c1ccc(N(CCO)CC2CCCN2)c(Cl)c1. The molecule has 0 aromatic heterocycles. The van der Waals surface area contributed by atoms with Gasteiger partial charge < -0.3 is 21.1 Å². The third-order valence-corrected chi connectivity index (χ3v) is 3.85. The van der Waals surface area contributed by atoms with Crippen LogP contribution in [-0.4, -0.2) is 43.3 Å². The summed E-state index contributed by atoms with van der Waals surface area (Å²) in [4.78, 5) is 13.2. The Bertz CT molecular complexity index is 475. The number of nitrogens with one attached hydrogen (secondary N) is 1. The number of nitrogens with zero attached hydrogens (tertiary/aromatic N) is 1. The molecule has 0 saturated carbocycles. The van der Waals surface area contributed by atoms with Gasteiger partial charge in [0.15, 0.2) is 0 Å². The van der Waals surface area contributed by atoms with Gasteiger partial charge >= 0.3 is 0 Å². The monoisotopic (exact) mass is 297 g/mol. The van der Waals surface area contributed by atoms with Crippen molar-refractivity contribution in [1.82, 2.24) is 5.32 Å². The lowest BCUT2D eigenvalue weighted by Crippen LogP contribution is -2.39. The normalized spacial score (nSPS) is 18.2. The zero-order valence-electron chi connectivity index (χ0n) is 11.3. The molecule has 1 aromatic rings. The molecular weight excluding hydrogens is 278 g/mol. The summed E-state index contributed by atoms with van der Waals surface area (Å²) in [6, 6.07) is 5.43. The van der Waals surface area contributed by atoms with Gasteiger partial charge in [0.2, 0.25) is 5.91 Å². The third-order valence-electron chi connectivity index (χ3n) is 3.55. The van der Waals surface area contributed by atoms with Crippen LogP contribution in [0.25, 0.3) is 0 Å².